The molecule has 2 atom stereocenters. The van der Waals surface area contributed by atoms with E-state index in [1.807, 2.05) is 16.8 Å². The van der Waals surface area contributed by atoms with Gasteiger partial charge in [-0.05, 0) is 6.92 Å². The van der Waals surface area contributed by atoms with Crippen molar-refractivity contribution < 1.29 is 9.53 Å². The predicted molar refractivity (Wildman–Crippen MR) is 98.3 cm³/mol. The first-order valence-electron chi connectivity index (χ1n) is 8.48. The minimum atomic E-state index is -0.101. The molecule has 0 spiro atoms. The van der Waals surface area contributed by atoms with Crippen LogP contribution in [0.2, 0.25) is 0 Å². The van der Waals surface area contributed by atoms with Crippen molar-refractivity contribution >= 4 is 28.0 Å². The summed E-state index contributed by atoms with van der Waals surface area (Å²) < 4.78 is 8.10. The van der Waals surface area contributed by atoms with Crippen molar-refractivity contribution in [2.75, 3.05) is 11.9 Å². The van der Waals surface area contributed by atoms with Gasteiger partial charge in [0.25, 0.3) is 0 Å². The summed E-state index contributed by atoms with van der Waals surface area (Å²) in [6, 6.07) is 0.404. The van der Waals surface area contributed by atoms with Crippen LogP contribution in [0.4, 0.5) is 5.13 Å². The molecule has 4 heterocycles. The number of thiazole rings is 1. The van der Waals surface area contributed by atoms with Crippen LogP contribution in [0, 0.1) is 0 Å². The summed E-state index contributed by atoms with van der Waals surface area (Å²) >= 11 is 1.51. The lowest BCUT2D eigenvalue weighted by Gasteiger charge is -2.19. The van der Waals surface area contributed by atoms with E-state index in [2.05, 4.69) is 32.1 Å². The van der Waals surface area contributed by atoms with Gasteiger partial charge in [-0.25, -0.2) is 9.97 Å². The average Bonchev–Trinajstić information content (AvgIpc) is 3.29. The second-order valence-corrected chi connectivity index (χ2v) is 7.58. The Hall–Kier alpha value is -2.52. The molecule has 0 saturated carbocycles. The van der Waals surface area contributed by atoms with Crippen LogP contribution in [-0.2, 0) is 11.3 Å². The normalized spacial score (nSPS) is 20.5. The third-order valence-electron chi connectivity index (χ3n) is 4.43. The van der Waals surface area contributed by atoms with Gasteiger partial charge >= 0.3 is 0 Å². The van der Waals surface area contributed by atoms with E-state index in [4.69, 9.17) is 4.74 Å². The van der Waals surface area contributed by atoms with Crippen LogP contribution in [0.15, 0.2) is 31.0 Å². The van der Waals surface area contributed by atoms with Crippen molar-refractivity contribution in [3.8, 4) is 5.88 Å². The van der Waals surface area contributed by atoms with E-state index in [1.165, 1.54) is 18.3 Å². The van der Waals surface area contributed by atoms with Crippen molar-refractivity contribution in [3.63, 3.8) is 0 Å². The van der Waals surface area contributed by atoms with E-state index in [-0.39, 0.29) is 12.0 Å². The van der Waals surface area contributed by atoms with Gasteiger partial charge < -0.3 is 10.1 Å². The van der Waals surface area contributed by atoms with Crippen molar-refractivity contribution in [3.05, 3.63) is 35.9 Å². The molecule has 0 radical (unpaired) electrons. The predicted octanol–water partition coefficient (Wildman–Crippen LogP) is 2.19. The third kappa shape index (κ3) is 3.54. The molecule has 1 fully saturated rings. The molecule has 3 aromatic rings. The fraction of sp³-hybridized carbons (Fsp3) is 0.412. The van der Waals surface area contributed by atoms with Gasteiger partial charge in [0.05, 0.1) is 12.4 Å². The number of aromatic nitrogens is 4. The van der Waals surface area contributed by atoms with Gasteiger partial charge in [-0.2, -0.15) is 0 Å². The molecule has 0 bridgehead atoms. The summed E-state index contributed by atoms with van der Waals surface area (Å²) in [7, 11) is 0. The molecule has 8 nitrogen and oxygen atoms in total. The second kappa shape index (κ2) is 7.00. The Morgan fingerprint density at radius 1 is 1.38 bits per heavy atom. The number of nitrogens with zero attached hydrogens (tertiary/aromatic N) is 5. The Morgan fingerprint density at radius 3 is 3.12 bits per heavy atom. The SMILES string of the molecule is CC(=O)Nc1ncc(CN2C[C@H](Oc3cncc4nccn34)C[C@@H]2C)s1. The zero-order valence-corrected chi connectivity index (χ0v) is 15.4. The van der Waals surface area contributed by atoms with Crippen molar-refractivity contribution in [1.29, 1.82) is 0 Å². The molecule has 1 aliphatic heterocycles. The highest BCUT2D eigenvalue weighted by atomic mass is 32.1. The van der Waals surface area contributed by atoms with Crippen LogP contribution in [0.25, 0.3) is 5.65 Å². The zero-order valence-electron chi connectivity index (χ0n) is 14.6. The van der Waals surface area contributed by atoms with Crippen LogP contribution in [0.1, 0.15) is 25.1 Å². The molecule has 1 N–H and O–H groups in total. The molecule has 0 aromatic carbocycles. The maximum atomic E-state index is 11.1. The smallest absolute Gasteiger partial charge is 0.223 e. The van der Waals surface area contributed by atoms with E-state index in [0.717, 1.165) is 30.0 Å². The van der Waals surface area contributed by atoms with Crippen LogP contribution in [0.3, 0.4) is 0 Å². The summed E-state index contributed by atoms with van der Waals surface area (Å²) in [5.74, 6) is 0.612. The van der Waals surface area contributed by atoms with Gasteiger partial charge in [-0.15, -0.1) is 11.3 Å². The van der Waals surface area contributed by atoms with Crippen LogP contribution >= 0.6 is 11.3 Å². The number of likely N-dealkylation sites (tertiary alicyclic amines) is 1. The van der Waals surface area contributed by atoms with Crippen LogP contribution in [0.5, 0.6) is 5.88 Å². The Balaban J connectivity index is 1.40. The molecule has 1 amide bonds. The van der Waals surface area contributed by atoms with Gasteiger partial charge in [0.15, 0.2) is 10.8 Å². The lowest BCUT2D eigenvalue weighted by Crippen LogP contribution is -2.27. The average molecular weight is 372 g/mol. The summed E-state index contributed by atoms with van der Waals surface area (Å²) in [6.07, 6.45) is 9.93. The number of amides is 1. The number of imidazole rings is 1. The van der Waals surface area contributed by atoms with E-state index < -0.39 is 0 Å². The molecule has 9 heteroatoms. The number of hydrogen-bond donors (Lipinski definition) is 1. The Morgan fingerprint density at radius 2 is 2.27 bits per heavy atom. The van der Waals surface area contributed by atoms with Gasteiger partial charge in [-0.3, -0.25) is 19.1 Å². The van der Waals surface area contributed by atoms with E-state index in [0.29, 0.717) is 17.1 Å². The number of ether oxygens (including phenoxy) is 1. The van der Waals surface area contributed by atoms with Gasteiger partial charge in [0, 0.05) is 55.9 Å². The zero-order chi connectivity index (χ0) is 18.1. The minimum absolute atomic E-state index is 0.0996. The molecular formula is C17H20N6O2S. The van der Waals surface area contributed by atoms with Crippen molar-refractivity contribution in [1.82, 2.24) is 24.3 Å². The molecule has 0 aliphatic carbocycles. The van der Waals surface area contributed by atoms with E-state index in [1.54, 1.807) is 18.6 Å². The molecule has 0 unspecified atom stereocenters. The highest BCUT2D eigenvalue weighted by Crippen LogP contribution is 2.27. The topological polar surface area (TPSA) is 84.7 Å². The standard InChI is InChI=1S/C17H20N6O2S/c1-11-5-13(25-16-8-18-7-15-19-3-4-23(15)16)9-22(11)10-14-6-20-17(26-14)21-12(2)24/h3-4,6-8,11,13H,5,9-10H2,1-2H3,(H,20,21,24)/t11-,13+/m0/s1. The molecule has 1 aliphatic rings. The maximum Gasteiger partial charge on any atom is 0.223 e. The van der Waals surface area contributed by atoms with Crippen molar-refractivity contribution in [2.24, 2.45) is 0 Å². The largest absolute Gasteiger partial charge is 0.473 e. The van der Waals surface area contributed by atoms with Crippen LogP contribution in [-0.4, -0.2) is 48.9 Å². The first-order chi connectivity index (χ1) is 12.6. The molecule has 26 heavy (non-hydrogen) atoms. The maximum absolute atomic E-state index is 11.1. The summed E-state index contributed by atoms with van der Waals surface area (Å²) in [5.41, 5.74) is 0.778. The van der Waals surface area contributed by atoms with Gasteiger partial charge in [-0.1, -0.05) is 0 Å². The van der Waals surface area contributed by atoms with Crippen molar-refractivity contribution in [2.45, 2.75) is 39.0 Å². The molecule has 136 valence electrons. The first kappa shape index (κ1) is 16.9. The molecule has 4 rings (SSSR count). The number of anilines is 1. The summed E-state index contributed by atoms with van der Waals surface area (Å²) in [6.45, 7) is 5.32. The summed E-state index contributed by atoms with van der Waals surface area (Å²) in [5, 5.41) is 3.37. The fourth-order valence-corrected chi connectivity index (χ4v) is 4.11. The lowest BCUT2D eigenvalue weighted by atomic mass is 10.2. The highest BCUT2D eigenvalue weighted by molar-refractivity contribution is 7.15. The highest BCUT2D eigenvalue weighted by Gasteiger charge is 2.31. The first-order valence-corrected chi connectivity index (χ1v) is 9.30. The van der Waals surface area contributed by atoms with E-state index >= 15 is 0 Å². The lowest BCUT2D eigenvalue weighted by molar-refractivity contribution is -0.114. The summed E-state index contributed by atoms with van der Waals surface area (Å²) in [4.78, 5) is 27.3. The Kier molecular flexibility index (Phi) is 4.56. The monoisotopic (exact) mass is 372 g/mol. The number of fused-ring (bicyclic) bond motifs is 1. The third-order valence-corrected chi connectivity index (χ3v) is 5.33. The molecule has 1 saturated heterocycles. The number of hydrogen-bond acceptors (Lipinski definition) is 7. The Labute approximate surface area is 154 Å². The molecule has 3 aromatic heterocycles. The quantitative estimate of drug-likeness (QED) is 0.739. The van der Waals surface area contributed by atoms with Crippen LogP contribution < -0.4 is 10.1 Å². The van der Waals surface area contributed by atoms with Gasteiger partial charge in [0.2, 0.25) is 11.8 Å². The number of carbonyl (C=O) groups excluding carboxylic acids is 1. The number of carbonyl (C=O) groups is 1. The van der Waals surface area contributed by atoms with E-state index in [9.17, 15) is 4.79 Å². The van der Waals surface area contributed by atoms with Gasteiger partial charge in [0.1, 0.15) is 6.10 Å². The Bertz CT molecular complexity index is 923. The fourth-order valence-electron chi connectivity index (χ4n) is 3.23. The molecular weight excluding hydrogens is 352 g/mol. The number of rotatable bonds is 5. The number of nitrogens with one attached hydrogen (secondary N) is 1. The second-order valence-electron chi connectivity index (χ2n) is 6.47. The minimum Gasteiger partial charge on any atom is -0.473 e.